The van der Waals surface area contributed by atoms with Crippen molar-refractivity contribution in [1.29, 1.82) is 0 Å². The Bertz CT molecular complexity index is 1860. The number of thiophene rings is 1. The van der Waals surface area contributed by atoms with Crippen LogP contribution in [0.1, 0.15) is 54.0 Å². The number of hydrogen-bond donors (Lipinski definition) is 5. The fraction of sp³-hybridized carbons (Fsp3) is 0.371. The molecule has 0 saturated heterocycles. The molecule has 0 spiro atoms. The summed E-state index contributed by atoms with van der Waals surface area (Å²) in [7, 11) is 0. The first-order valence-corrected chi connectivity index (χ1v) is 17.2. The molecule has 8 nitrogen and oxygen atoms in total. The Hall–Kier alpha value is -4.30. The van der Waals surface area contributed by atoms with Crippen LogP contribution in [0.4, 0.5) is 17.6 Å². The minimum Gasteiger partial charge on any atom is -0.392 e. The molecular formula is C35H37F4N5O3S2. The average Bonchev–Trinajstić information content (AvgIpc) is 3.70. The third-order valence-electron chi connectivity index (χ3n) is 9.16. The number of nitrogens with two attached hydrogens (primary N) is 1. The van der Waals surface area contributed by atoms with Crippen molar-refractivity contribution < 1.29 is 31.9 Å². The van der Waals surface area contributed by atoms with Crippen LogP contribution in [-0.4, -0.2) is 45.3 Å². The van der Waals surface area contributed by atoms with Crippen molar-refractivity contribution >= 4 is 57.2 Å². The quantitative estimate of drug-likeness (QED) is 0.0976. The van der Waals surface area contributed by atoms with Crippen molar-refractivity contribution in [2.24, 2.45) is 11.7 Å². The predicted octanol–water partition coefficient (Wildman–Crippen LogP) is 5.52. The summed E-state index contributed by atoms with van der Waals surface area (Å²) in [5, 5.41) is 10.7. The van der Waals surface area contributed by atoms with E-state index in [1.54, 1.807) is 24.3 Å². The highest BCUT2D eigenvalue weighted by Crippen LogP contribution is 2.40. The van der Waals surface area contributed by atoms with Crippen molar-refractivity contribution in [1.82, 2.24) is 20.9 Å². The number of halogens is 4. The Morgan fingerprint density at radius 2 is 1.84 bits per heavy atom. The summed E-state index contributed by atoms with van der Waals surface area (Å²) in [6.07, 6.45) is -4.19. The molecule has 1 aliphatic carbocycles. The second kappa shape index (κ2) is 14.7. The number of benzene rings is 2. The molecule has 3 amide bonds. The van der Waals surface area contributed by atoms with Gasteiger partial charge in [0.25, 0.3) is 0 Å². The van der Waals surface area contributed by atoms with Crippen LogP contribution in [-0.2, 0) is 46.2 Å². The third-order valence-corrected chi connectivity index (χ3v) is 10.3. The summed E-state index contributed by atoms with van der Waals surface area (Å²) < 4.78 is 56.2. The number of H-pyrrole nitrogens is 1. The molecule has 2 heterocycles. The van der Waals surface area contributed by atoms with E-state index < -0.39 is 52.9 Å². The number of aryl methyl sites for hydroxylation is 1. The fourth-order valence-electron chi connectivity index (χ4n) is 6.30. The molecule has 6 N–H and O–H groups in total. The van der Waals surface area contributed by atoms with Gasteiger partial charge in [-0.2, -0.15) is 13.2 Å². The van der Waals surface area contributed by atoms with Crippen LogP contribution in [0.5, 0.6) is 0 Å². The number of rotatable bonds is 12. The second-order valence-electron chi connectivity index (χ2n) is 12.5. The Morgan fingerprint density at radius 3 is 2.49 bits per heavy atom. The fourth-order valence-corrected chi connectivity index (χ4v) is 7.34. The van der Waals surface area contributed by atoms with E-state index >= 15 is 0 Å². The standard InChI is InChI=1S/C35H37F4N5O3S2/c1-3-19(2)29(31(40)48)43-33(47)34(14-13-26-23(18-34)22-10-6-11-24(30(22)42-26)35(37,38)39)44-32(46)27(17-21-9-7-15-49-21)41-28(45)16-20-8-4-5-12-25(20)36/h4-12,15,19,27,29,42H,3,13-14,16-18H2,1-2H3,(H2,40,48)(H,41,45)(H,43,47)(H,44,46)/t19-,27+,29?,34+/m0/s1. The second-order valence-corrected chi connectivity index (χ2v) is 14.0. The van der Waals surface area contributed by atoms with Gasteiger partial charge < -0.3 is 26.7 Å². The number of nitrogens with one attached hydrogen (secondary N) is 4. The first-order valence-electron chi connectivity index (χ1n) is 15.9. The maximum Gasteiger partial charge on any atom is 0.418 e. The van der Waals surface area contributed by atoms with Gasteiger partial charge in [-0.05, 0) is 53.5 Å². The number of aromatic nitrogens is 1. The van der Waals surface area contributed by atoms with Crippen LogP contribution in [0, 0.1) is 11.7 Å². The molecule has 4 aromatic rings. The van der Waals surface area contributed by atoms with Gasteiger partial charge in [-0.3, -0.25) is 14.4 Å². The molecule has 2 aromatic carbocycles. The van der Waals surface area contributed by atoms with Gasteiger partial charge in [0.2, 0.25) is 17.7 Å². The molecule has 1 aliphatic rings. The Labute approximate surface area is 290 Å². The summed E-state index contributed by atoms with van der Waals surface area (Å²) in [6, 6.07) is 11.4. The summed E-state index contributed by atoms with van der Waals surface area (Å²) in [5.41, 5.74) is 4.60. The van der Waals surface area contributed by atoms with Crippen molar-refractivity contribution in [2.45, 2.75) is 76.2 Å². The molecule has 260 valence electrons. The van der Waals surface area contributed by atoms with Crippen LogP contribution in [0.2, 0.25) is 0 Å². The van der Waals surface area contributed by atoms with Gasteiger partial charge in [0, 0.05) is 28.8 Å². The van der Waals surface area contributed by atoms with Gasteiger partial charge in [0.15, 0.2) is 0 Å². The number of alkyl halides is 3. The van der Waals surface area contributed by atoms with Gasteiger partial charge in [0.1, 0.15) is 17.4 Å². The number of carbonyl (C=O) groups is 3. The zero-order chi connectivity index (χ0) is 35.5. The number of para-hydroxylation sites is 1. The third kappa shape index (κ3) is 7.96. The normalized spacial score (nSPS) is 17.8. The summed E-state index contributed by atoms with van der Waals surface area (Å²) in [5.74, 6) is -2.60. The molecule has 5 rings (SSSR count). The van der Waals surface area contributed by atoms with Crippen LogP contribution >= 0.6 is 23.6 Å². The summed E-state index contributed by atoms with van der Waals surface area (Å²) in [6.45, 7) is 3.78. The van der Waals surface area contributed by atoms with E-state index in [0.29, 0.717) is 17.7 Å². The van der Waals surface area contributed by atoms with Crippen molar-refractivity contribution in [2.75, 3.05) is 0 Å². The Balaban J connectivity index is 1.51. The van der Waals surface area contributed by atoms with Crippen molar-refractivity contribution in [3.05, 3.63) is 93.1 Å². The lowest BCUT2D eigenvalue weighted by molar-refractivity contribution is -0.136. The highest BCUT2D eigenvalue weighted by Gasteiger charge is 2.46. The van der Waals surface area contributed by atoms with Crippen LogP contribution in [0.25, 0.3) is 10.9 Å². The smallest absolute Gasteiger partial charge is 0.392 e. The van der Waals surface area contributed by atoms with Gasteiger partial charge in [-0.25, -0.2) is 4.39 Å². The van der Waals surface area contributed by atoms with E-state index in [1.165, 1.54) is 35.6 Å². The molecule has 0 saturated carbocycles. The van der Waals surface area contributed by atoms with Crippen LogP contribution in [0.15, 0.2) is 60.0 Å². The molecule has 0 aliphatic heterocycles. The zero-order valence-corrected chi connectivity index (χ0v) is 28.5. The number of aromatic amines is 1. The molecular weight excluding hydrogens is 679 g/mol. The molecule has 1 unspecified atom stereocenters. The molecule has 2 aromatic heterocycles. The van der Waals surface area contributed by atoms with Crippen molar-refractivity contribution in [3.63, 3.8) is 0 Å². The number of fused-ring (bicyclic) bond motifs is 3. The predicted molar refractivity (Wildman–Crippen MR) is 184 cm³/mol. The number of thiocarbonyl (C=S) groups is 1. The van der Waals surface area contributed by atoms with Crippen LogP contribution in [0.3, 0.4) is 0 Å². The Morgan fingerprint density at radius 1 is 1.08 bits per heavy atom. The van der Waals surface area contributed by atoms with E-state index in [0.717, 1.165) is 10.9 Å². The SMILES string of the molecule is CC[C@H](C)C(NC(=O)[C@@]1(NC(=O)[C@@H](Cc2cccs2)NC(=O)Cc2ccccc2F)CCc2[nH]c3c(C(F)(F)F)cccc3c2C1)C(N)=S. The molecule has 0 fully saturated rings. The zero-order valence-electron chi connectivity index (χ0n) is 26.9. The topological polar surface area (TPSA) is 129 Å². The molecule has 0 bridgehead atoms. The molecule has 14 heteroatoms. The average molecular weight is 716 g/mol. The highest BCUT2D eigenvalue weighted by atomic mass is 32.1. The van der Waals surface area contributed by atoms with Gasteiger partial charge in [-0.15, -0.1) is 11.3 Å². The van der Waals surface area contributed by atoms with Crippen LogP contribution < -0.4 is 21.7 Å². The van der Waals surface area contributed by atoms with E-state index in [1.807, 2.05) is 19.2 Å². The van der Waals surface area contributed by atoms with E-state index in [4.69, 9.17) is 18.0 Å². The lowest BCUT2D eigenvalue weighted by atomic mass is 9.78. The van der Waals surface area contributed by atoms with E-state index in [9.17, 15) is 31.9 Å². The Kier molecular flexibility index (Phi) is 10.8. The van der Waals surface area contributed by atoms with E-state index in [-0.39, 0.29) is 59.5 Å². The van der Waals surface area contributed by atoms with Gasteiger partial charge in [-0.1, -0.05) is 68.9 Å². The molecule has 49 heavy (non-hydrogen) atoms. The van der Waals surface area contributed by atoms with E-state index in [2.05, 4.69) is 20.9 Å². The minimum absolute atomic E-state index is 0.0329. The monoisotopic (exact) mass is 715 g/mol. The van der Waals surface area contributed by atoms with Crippen molar-refractivity contribution in [3.8, 4) is 0 Å². The largest absolute Gasteiger partial charge is 0.418 e. The minimum atomic E-state index is -4.62. The summed E-state index contributed by atoms with van der Waals surface area (Å²) in [4.78, 5) is 45.5. The van der Waals surface area contributed by atoms with Gasteiger partial charge in [0.05, 0.1) is 28.5 Å². The highest BCUT2D eigenvalue weighted by molar-refractivity contribution is 7.80. The first-order chi connectivity index (χ1) is 23.2. The number of amides is 3. The molecule has 4 atom stereocenters. The maximum absolute atomic E-state index is 14.4. The lowest BCUT2D eigenvalue weighted by Gasteiger charge is -2.39. The number of carbonyl (C=O) groups excluding carboxylic acids is 3. The summed E-state index contributed by atoms with van der Waals surface area (Å²) >= 11 is 6.65. The lowest BCUT2D eigenvalue weighted by Crippen LogP contribution is -2.66. The maximum atomic E-state index is 14.4. The number of hydrogen-bond acceptors (Lipinski definition) is 5. The first kappa shape index (κ1) is 36.0. The molecule has 0 radical (unpaired) electrons. The van der Waals surface area contributed by atoms with Gasteiger partial charge >= 0.3 is 6.18 Å².